The third-order valence-electron chi connectivity index (χ3n) is 0.956. The van der Waals surface area contributed by atoms with Crippen molar-refractivity contribution in [3.63, 3.8) is 0 Å². The first kappa shape index (κ1) is 9.21. The van der Waals surface area contributed by atoms with E-state index in [2.05, 4.69) is 14.7 Å². The van der Waals surface area contributed by atoms with Gasteiger partial charge in [-0.3, -0.25) is 4.72 Å². The molecule has 1 N–H and O–H groups in total. The van der Waals surface area contributed by atoms with Crippen molar-refractivity contribution in [2.24, 2.45) is 0 Å². The molecule has 7 heteroatoms. The van der Waals surface area contributed by atoms with Crippen molar-refractivity contribution in [3.8, 4) is 0 Å². The first-order chi connectivity index (χ1) is 5.64. The minimum Gasteiger partial charge on any atom is -0.250 e. The lowest BCUT2D eigenvalue weighted by Gasteiger charge is -2.00. The molecule has 1 heterocycles. The van der Waals surface area contributed by atoms with Crippen LogP contribution in [-0.2, 0) is 10.0 Å². The summed E-state index contributed by atoms with van der Waals surface area (Å²) in [5.41, 5.74) is 0. The average molecular weight is 208 g/mol. The van der Waals surface area contributed by atoms with Gasteiger partial charge in [0.1, 0.15) is 5.21 Å². The van der Waals surface area contributed by atoms with Gasteiger partial charge in [-0.1, -0.05) is 0 Å². The van der Waals surface area contributed by atoms with Gasteiger partial charge in [-0.2, -0.15) is 0 Å². The van der Waals surface area contributed by atoms with E-state index in [4.69, 9.17) is 11.6 Å². The third-order valence-corrected chi connectivity index (χ3v) is 2.60. The van der Waals surface area contributed by atoms with Gasteiger partial charge >= 0.3 is 0 Å². The Morgan fingerprint density at radius 1 is 1.42 bits per heavy atom. The number of aromatic nitrogens is 2. The highest BCUT2D eigenvalue weighted by Crippen LogP contribution is 2.00. The zero-order valence-electron chi connectivity index (χ0n) is 5.94. The lowest BCUT2D eigenvalue weighted by Crippen LogP contribution is -2.15. The monoisotopic (exact) mass is 207 g/mol. The molecular weight excluding hydrogens is 202 g/mol. The van der Waals surface area contributed by atoms with E-state index >= 15 is 0 Å². The molecule has 0 fully saturated rings. The van der Waals surface area contributed by atoms with Gasteiger partial charge in [0, 0.05) is 12.4 Å². The Morgan fingerprint density at radius 3 is 2.50 bits per heavy atom. The molecule has 1 rings (SSSR count). The van der Waals surface area contributed by atoms with Crippen LogP contribution in [0.4, 0.5) is 5.95 Å². The number of rotatable bonds is 3. The number of hydrogen-bond acceptors (Lipinski definition) is 4. The largest absolute Gasteiger partial charge is 0.250 e. The fourth-order valence-corrected chi connectivity index (χ4v) is 1.12. The molecule has 0 aliphatic heterocycles. The van der Waals surface area contributed by atoms with E-state index in [1.807, 2.05) is 0 Å². The normalized spacial score (nSPS) is 11.1. The second kappa shape index (κ2) is 3.68. The summed E-state index contributed by atoms with van der Waals surface area (Å²) in [6.07, 6.45) is 2.86. The standard InChI is InChI=1S/C5H6ClN3O2S/c6-4-12(10,11)9-5-7-2-1-3-8-5/h1-3H,4H2,(H,7,8,9). The smallest absolute Gasteiger partial charge is 0.249 e. The van der Waals surface area contributed by atoms with Crippen LogP contribution in [0.15, 0.2) is 18.5 Å². The van der Waals surface area contributed by atoms with Crippen LogP contribution >= 0.6 is 11.6 Å². The van der Waals surface area contributed by atoms with Crippen molar-refractivity contribution >= 4 is 27.6 Å². The van der Waals surface area contributed by atoms with E-state index in [0.717, 1.165) is 0 Å². The minimum absolute atomic E-state index is 0.0261. The maximum Gasteiger partial charge on any atom is 0.249 e. The number of alkyl halides is 1. The van der Waals surface area contributed by atoms with Gasteiger partial charge in [0.25, 0.3) is 0 Å². The zero-order valence-corrected chi connectivity index (χ0v) is 7.51. The first-order valence-electron chi connectivity index (χ1n) is 2.97. The Morgan fingerprint density at radius 2 is 2.00 bits per heavy atom. The second-order valence-electron chi connectivity index (χ2n) is 1.90. The van der Waals surface area contributed by atoms with E-state index in [1.54, 1.807) is 6.07 Å². The molecule has 0 aromatic carbocycles. The van der Waals surface area contributed by atoms with Crippen molar-refractivity contribution in [3.05, 3.63) is 18.5 Å². The molecule has 0 saturated heterocycles. The van der Waals surface area contributed by atoms with Gasteiger partial charge in [-0.05, 0) is 6.07 Å². The lowest BCUT2D eigenvalue weighted by molar-refractivity contribution is 0.605. The predicted octanol–water partition coefficient (Wildman–Crippen LogP) is 0.415. The van der Waals surface area contributed by atoms with E-state index in [9.17, 15) is 8.42 Å². The van der Waals surface area contributed by atoms with Gasteiger partial charge in [-0.25, -0.2) is 18.4 Å². The highest BCUT2D eigenvalue weighted by Gasteiger charge is 2.08. The molecule has 1 aromatic rings. The summed E-state index contributed by atoms with van der Waals surface area (Å²) in [5, 5.41) is -0.509. The van der Waals surface area contributed by atoms with Crippen LogP contribution < -0.4 is 4.72 Å². The Balaban J connectivity index is 2.78. The fraction of sp³-hybridized carbons (Fsp3) is 0.200. The molecule has 0 unspecified atom stereocenters. The van der Waals surface area contributed by atoms with Gasteiger partial charge in [0.15, 0.2) is 0 Å². The molecule has 0 spiro atoms. The van der Waals surface area contributed by atoms with Crippen LogP contribution in [-0.4, -0.2) is 23.6 Å². The van der Waals surface area contributed by atoms with Crippen LogP contribution in [0.1, 0.15) is 0 Å². The summed E-state index contributed by atoms with van der Waals surface area (Å²) in [5.74, 6) is 0.0261. The molecule has 12 heavy (non-hydrogen) atoms. The molecule has 0 atom stereocenters. The van der Waals surface area contributed by atoms with Gasteiger partial charge in [-0.15, -0.1) is 11.6 Å². The van der Waals surface area contributed by atoms with E-state index < -0.39 is 15.2 Å². The fourth-order valence-electron chi connectivity index (χ4n) is 0.518. The summed E-state index contributed by atoms with van der Waals surface area (Å²) in [6, 6.07) is 1.58. The van der Waals surface area contributed by atoms with Crippen LogP contribution in [0, 0.1) is 0 Å². The van der Waals surface area contributed by atoms with Crippen LogP contribution in [0.3, 0.4) is 0 Å². The Kier molecular flexibility index (Phi) is 2.83. The molecule has 66 valence electrons. The molecule has 0 bridgehead atoms. The number of nitrogens with one attached hydrogen (secondary N) is 1. The molecule has 5 nitrogen and oxygen atoms in total. The molecule has 0 radical (unpaired) electrons. The molecule has 0 aliphatic rings. The van der Waals surface area contributed by atoms with Crippen molar-refractivity contribution < 1.29 is 8.42 Å². The summed E-state index contributed by atoms with van der Waals surface area (Å²) in [4.78, 5) is 7.30. The minimum atomic E-state index is -3.48. The SMILES string of the molecule is O=S(=O)(CCl)Nc1ncccn1. The number of anilines is 1. The summed E-state index contributed by atoms with van der Waals surface area (Å²) in [7, 11) is -3.48. The van der Waals surface area contributed by atoms with Crippen LogP contribution in [0.25, 0.3) is 0 Å². The molecular formula is C5H6ClN3O2S. The lowest BCUT2D eigenvalue weighted by atomic mass is 10.7. The number of sulfonamides is 1. The highest BCUT2D eigenvalue weighted by atomic mass is 35.5. The summed E-state index contributed by atoms with van der Waals surface area (Å²) >= 11 is 5.14. The zero-order chi connectivity index (χ0) is 9.03. The molecule has 0 saturated carbocycles. The quantitative estimate of drug-likeness (QED) is 0.729. The average Bonchev–Trinajstić information content (AvgIpc) is 2.06. The Labute approximate surface area is 74.8 Å². The van der Waals surface area contributed by atoms with Crippen molar-refractivity contribution in [2.45, 2.75) is 0 Å². The van der Waals surface area contributed by atoms with Gasteiger partial charge < -0.3 is 0 Å². The summed E-state index contributed by atoms with van der Waals surface area (Å²) in [6.45, 7) is 0. The summed E-state index contributed by atoms with van der Waals surface area (Å²) < 4.78 is 23.8. The van der Waals surface area contributed by atoms with Crippen molar-refractivity contribution in [1.29, 1.82) is 0 Å². The van der Waals surface area contributed by atoms with Gasteiger partial charge in [0.05, 0.1) is 0 Å². The second-order valence-corrected chi connectivity index (χ2v) is 4.20. The maximum absolute atomic E-state index is 10.8. The van der Waals surface area contributed by atoms with Crippen molar-refractivity contribution in [2.75, 3.05) is 9.93 Å². The number of hydrogen-bond donors (Lipinski definition) is 1. The highest BCUT2D eigenvalue weighted by molar-refractivity contribution is 7.93. The maximum atomic E-state index is 10.8. The molecule has 1 aromatic heterocycles. The molecule has 0 aliphatic carbocycles. The topological polar surface area (TPSA) is 72.0 Å². The predicted molar refractivity (Wildman–Crippen MR) is 45.3 cm³/mol. The first-order valence-corrected chi connectivity index (χ1v) is 5.16. The molecule has 0 amide bonds. The van der Waals surface area contributed by atoms with Crippen molar-refractivity contribution in [1.82, 2.24) is 9.97 Å². The Hall–Kier alpha value is -0.880. The van der Waals surface area contributed by atoms with E-state index in [0.29, 0.717) is 0 Å². The van der Waals surface area contributed by atoms with Crippen LogP contribution in [0.2, 0.25) is 0 Å². The number of halogens is 1. The van der Waals surface area contributed by atoms with E-state index in [1.165, 1.54) is 12.4 Å². The van der Waals surface area contributed by atoms with E-state index in [-0.39, 0.29) is 5.95 Å². The Bertz CT molecular complexity index is 339. The third kappa shape index (κ3) is 2.63. The number of nitrogens with zero attached hydrogens (tertiary/aromatic N) is 2. The van der Waals surface area contributed by atoms with Crippen LogP contribution in [0.5, 0.6) is 0 Å². The van der Waals surface area contributed by atoms with Gasteiger partial charge in [0.2, 0.25) is 16.0 Å².